The molecule has 0 radical (unpaired) electrons. The standard InChI is InChI=1S/C12H23N3O3/c1-12(8-13-9-12)18-7-11(16)14-5-10-6-15(2)3-4-17-10/h10,13H,3-9H2,1-2H3,(H,14,16). The van der Waals surface area contributed by atoms with Crippen molar-refractivity contribution >= 4 is 5.91 Å². The molecule has 1 atom stereocenters. The van der Waals surface area contributed by atoms with Crippen LogP contribution < -0.4 is 10.6 Å². The van der Waals surface area contributed by atoms with E-state index in [2.05, 4.69) is 22.6 Å². The smallest absolute Gasteiger partial charge is 0.246 e. The number of carbonyl (C=O) groups excluding carboxylic acids is 1. The topological polar surface area (TPSA) is 62.8 Å². The van der Waals surface area contributed by atoms with Crippen LogP contribution in [0.15, 0.2) is 0 Å². The number of nitrogens with zero attached hydrogens (tertiary/aromatic N) is 1. The highest BCUT2D eigenvalue weighted by molar-refractivity contribution is 5.77. The van der Waals surface area contributed by atoms with E-state index in [4.69, 9.17) is 9.47 Å². The molecule has 6 nitrogen and oxygen atoms in total. The highest BCUT2D eigenvalue weighted by Gasteiger charge is 2.33. The van der Waals surface area contributed by atoms with Crippen LogP contribution in [-0.4, -0.2) is 75.5 Å². The van der Waals surface area contributed by atoms with Gasteiger partial charge in [-0.15, -0.1) is 0 Å². The molecule has 2 aliphatic rings. The molecule has 2 rings (SSSR count). The first-order chi connectivity index (χ1) is 8.57. The fraction of sp³-hybridized carbons (Fsp3) is 0.917. The van der Waals surface area contributed by atoms with Crippen molar-refractivity contribution in [1.82, 2.24) is 15.5 Å². The highest BCUT2D eigenvalue weighted by Crippen LogP contribution is 2.14. The molecule has 0 saturated carbocycles. The molecular weight excluding hydrogens is 234 g/mol. The van der Waals surface area contributed by atoms with Gasteiger partial charge in [0.05, 0.1) is 18.3 Å². The minimum absolute atomic E-state index is 0.0695. The fourth-order valence-corrected chi connectivity index (χ4v) is 2.09. The molecule has 2 fully saturated rings. The number of nitrogens with one attached hydrogen (secondary N) is 2. The molecule has 2 aliphatic heterocycles. The molecule has 0 aromatic heterocycles. The Hall–Kier alpha value is -0.690. The number of rotatable bonds is 5. The van der Waals surface area contributed by atoms with E-state index < -0.39 is 0 Å². The molecule has 2 saturated heterocycles. The molecule has 6 heteroatoms. The minimum Gasteiger partial charge on any atom is -0.374 e. The van der Waals surface area contributed by atoms with Crippen LogP contribution in [0.5, 0.6) is 0 Å². The molecule has 0 spiro atoms. The number of carbonyl (C=O) groups is 1. The van der Waals surface area contributed by atoms with Crippen molar-refractivity contribution in [3.05, 3.63) is 0 Å². The Balaban J connectivity index is 1.59. The van der Waals surface area contributed by atoms with Gasteiger partial charge >= 0.3 is 0 Å². The lowest BCUT2D eigenvalue weighted by molar-refractivity contribution is -0.136. The lowest BCUT2D eigenvalue weighted by Gasteiger charge is -2.38. The first-order valence-corrected chi connectivity index (χ1v) is 6.49. The summed E-state index contributed by atoms with van der Waals surface area (Å²) in [7, 11) is 2.06. The van der Waals surface area contributed by atoms with E-state index in [-0.39, 0.29) is 24.2 Å². The molecule has 0 aromatic carbocycles. The van der Waals surface area contributed by atoms with Crippen LogP contribution in [0.25, 0.3) is 0 Å². The Morgan fingerprint density at radius 1 is 1.61 bits per heavy atom. The van der Waals surface area contributed by atoms with Crippen LogP contribution in [0, 0.1) is 0 Å². The quantitative estimate of drug-likeness (QED) is 0.648. The van der Waals surface area contributed by atoms with Crippen molar-refractivity contribution in [3.8, 4) is 0 Å². The van der Waals surface area contributed by atoms with Crippen molar-refractivity contribution in [2.45, 2.75) is 18.6 Å². The predicted molar refractivity (Wildman–Crippen MR) is 67.5 cm³/mol. The summed E-state index contributed by atoms with van der Waals surface area (Å²) in [6.07, 6.45) is 0.0913. The number of likely N-dealkylation sites (N-methyl/N-ethyl adjacent to an activating group) is 1. The fourth-order valence-electron chi connectivity index (χ4n) is 2.09. The van der Waals surface area contributed by atoms with Gasteiger partial charge in [0.1, 0.15) is 6.61 Å². The van der Waals surface area contributed by atoms with Gasteiger partial charge in [-0.3, -0.25) is 4.79 Å². The Kier molecular flexibility index (Phi) is 4.55. The molecule has 2 N–H and O–H groups in total. The average molecular weight is 257 g/mol. The van der Waals surface area contributed by atoms with Crippen LogP contribution >= 0.6 is 0 Å². The lowest BCUT2D eigenvalue weighted by atomic mass is 10.0. The summed E-state index contributed by atoms with van der Waals surface area (Å²) in [6, 6.07) is 0. The first-order valence-electron chi connectivity index (χ1n) is 6.49. The summed E-state index contributed by atoms with van der Waals surface area (Å²) < 4.78 is 11.1. The van der Waals surface area contributed by atoms with Gasteiger partial charge in [-0.05, 0) is 14.0 Å². The van der Waals surface area contributed by atoms with E-state index in [1.165, 1.54) is 0 Å². The van der Waals surface area contributed by atoms with Gasteiger partial charge in [0.25, 0.3) is 0 Å². The normalized spacial score (nSPS) is 27.6. The molecule has 1 unspecified atom stereocenters. The van der Waals surface area contributed by atoms with E-state index in [0.29, 0.717) is 6.54 Å². The third kappa shape index (κ3) is 3.91. The van der Waals surface area contributed by atoms with Gasteiger partial charge in [-0.25, -0.2) is 0 Å². The molecule has 1 amide bonds. The SMILES string of the molecule is CN1CCOC(CNC(=O)COC2(C)CNC2)C1. The Labute approximate surface area is 108 Å². The summed E-state index contributed by atoms with van der Waals surface area (Å²) in [5.74, 6) is -0.0695. The summed E-state index contributed by atoms with van der Waals surface area (Å²) >= 11 is 0. The van der Waals surface area contributed by atoms with Crippen LogP contribution in [0.1, 0.15) is 6.92 Å². The van der Waals surface area contributed by atoms with Crippen LogP contribution in [0.3, 0.4) is 0 Å². The molecule has 2 heterocycles. The number of morpholine rings is 1. The zero-order valence-corrected chi connectivity index (χ0v) is 11.2. The van der Waals surface area contributed by atoms with Crippen LogP contribution in [-0.2, 0) is 14.3 Å². The van der Waals surface area contributed by atoms with Crippen molar-refractivity contribution in [1.29, 1.82) is 0 Å². The molecule has 0 aromatic rings. The Bertz CT molecular complexity index is 294. The number of hydrogen-bond acceptors (Lipinski definition) is 5. The van der Waals surface area contributed by atoms with E-state index in [9.17, 15) is 4.79 Å². The van der Waals surface area contributed by atoms with Gasteiger partial charge < -0.3 is 25.0 Å². The highest BCUT2D eigenvalue weighted by atomic mass is 16.5. The summed E-state index contributed by atoms with van der Waals surface area (Å²) in [6.45, 7) is 6.88. The van der Waals surface area contributed by atoms with E-state index >= 15 is 0 Å². The van der Waals surface area contributed by atoms with Crippen molar-refractivity contribution in [2.24, 2.45) is 0 Å². The van der Waals surface area contributed by atoms with Gasteiger partial charge in [0.15, 0.2) is 0 Å². The van der Waals surface area contributed by atoms with Crippen molar-refractivity contribution in [2.75, 3.05) is 53.0 Å². The van der Waals surface area contributed by atoms with Gasteiger partial charge in [0.2, 0.25) is 5.91 Å². The first kappa shape index (κ1) is 13.7. The largest absolute Gasteiger partial charge is 0.374 e. The maximum absolute atomic E-state index is 11.6. The average Bonchev–Trinajstić information content (AvgIpc) is 2.31. The number of amides is 1. The lowest BCUT2D eigenvalue weighted by Crippen LogP contribution is -2.59. The molecule has 104 valence electrons. The Morgan fingerprint density at radius 2 is 2.39 bits per heavy atom. The maximum atomic E-state index is 11.6. The number of hydrogen-bond donors (Lipinski definition) is 2. The zero-order chi connectivity index (χ0) is 13.0. The number of ether oxygens (including phenoxy) is 2. The predicted octanol–water partition coefficient (Wildman–Crippen LogP) is -1.19. The third-order valence-corrected chi connectivity index (χ3v) is 3.42. The molecular formula is C12H23N3O3. The monoisotopic (exact) mass is 257 g/mol. The molecule has 0 aliphatic carbocycles. The van der Waals surface area contributed by atoms with E-state index in [1.807, 2.05) is 6.92 Å². The maximum Gasteiger partial charge on any atom is 0.246 e. The summed E-state index contributed by atoms with van der Waals surface area (Å²) in [5, 5.41) is 5.99. The van der Waals surface area contributed by atoms with Crippen molar-refractivity contribution < 1.29 is 14.3 Å². The minimum atomic E-state index is -0.168. The molecule has 0 bridgehead atoms. The van der Waals surface area contributed by atoms with Gasteiger partial charge in [-0.2, -0.15) is 0 Å². The van der Waals surface area contributed by atoms with E-state index in [0.717, 1.165) is 32.8 Å². The van der Waals surface area contributed by atoms with Gasteiger partial charge in [-0.1, -0.05) is 0 Å². The zero-order valence-electron chi connectivity index (χ0n) is 11.2. The van der Waals surface area contributed by atoms with Gasteiger partial charge in [0, 0.05) is 32.7 Å². The third-order valence-electron chi connectivity index (χ3n) is 3.42. The summed E-state index contributed by atoms with van der Waals surface area (Å²) in [4.78, 5) is 13.8. The second-order valence-corrected chi connectivity index (χ2v) is 5.40. The van der Waals surface area contributed by atoms with Crippen LogP contribution in [0.4, 0.5) is 0 Å². The van der Waals surface area contributed by atoms with Crippen molar-refractivity contribution in [3.63, 3.8) is 0 Å². The molecule has 18 heavy (non-hydrogen) atoms. The Morgan fingerprint density at radius 3 is 3.00 bits per heavy atom. The van der Waals surface area contributed by atoms with E-state index in [1.54, 1.807) is 0 Å². The summed E-state index contributed by atoms with van der Waals surface area (Å²) in [5.41, 5.74) is -0.168. The van der Waals surface area contributed by atoms with Crippen LogP contribution in [0.2, 0.25) is 0 Å². The second-order valence-electron chi connectivity index (χ2n) is 5.40. The second kappa shape index (κ2) is 5.97.